The Labute approximate surface area is 102 Å². The van der Waals surface area contributed by atoms with Crippen LogP contribution in [-0.2, 0) is 0 Å². The van der Waals surface area contributed by atoms with Crippen molar-refractivity contribution in [2.75, 3.05) is 6.54 Å². The molecule has 0 bridgehead atoms. The molecule has 3 heteroatoms. The van der Waals surface area contributed by atoms with Crippen molar-refractivity contribution in [3.8, 4) is 12.3 Å². The highest BCUT2D eigenvalue weighted by atomic mass is 19.1. The number of benzene rings is 1. The lowest BCUT2D eigenvalue weighted by molar-refractivity contribution is 0.165. The smallest absolute Gasteiger partial charge is 0.129 e. The van der Waals surface area contributed by atoms with Crippen molar-refractivity contribution in [3.63, 3.8) is 0 Å². The van der Waals surface area contributed by atoms with E-state index in [-0.39, 0.29) is 11.9 Å². The Morgan fingerprint density at radius 1 is 1.47 bits per heavy atom. The zero-order chi connectivity index (χ0) is 12.7. The maximum Gasteiger partial charge on any atom is 0.129 e. The van der Waals surface area contributed by atoms with Gasteiger partial charge in [0, 0.05) is 24.6 Å². The number of hydrogen-bond acceptors (Lipinski definition) is 2. The van der Waals surface area contributed by atoms with Crippen LogP contribution in [0, 0.1) is 18.2 Å². The summed E-state index contributed by atoms with van der Waals surface area (Å²) in [6.45, 7) is 2.33. The quantitative estimate of drug-likeness (QED) is 0.741. The van der Waals surface area contributed by atoms with Gasteiger partial charge in [0.1, 0.15) is 5.82 Å². The SMILES string of the molecule is C#CCC(CC)NCC(O)c1ccccc1F. The van der Waals surface area contributed by atoms with Crippen molar-refractivity contribution in [2.45, 2.75) is 31.9 Å². The van der Waals surface area contributed by atoms with Crippen LogP contribution in [0.25, 0.3) is 0 Å². The van der Waals surface area contributed by atoms with E-state index in [1.807, 2.05) is 6.92 Å². The van der Waals surface area contributed by atoms with E-state index >= 15 is 0 Å². The summed E-state index contributed by atoms with van der Waals surface area (Å²) in [7, 11) is 0. The largest absolute Gasteiger partial charge is 0.387 e. The molecule has 0 saturated heterocycles. The molecule has 0 heterocycles. The van der Waals surface area contributed by atoms with Crippen molar-refractivity contribution < 1.29 is 9.50 Å². The minimum Gasteiger partial charge on any atom is -0.387 e. The average molecular weight is 235 g/mol. The molecule has 0 amide bonds. The molecule has 0 spiro atoms. The molecule has 2 N–H and O–H groups in total. The van der Waals surface area contributed by atoms with E-state index < -0.39 is 6.10 Å². The fourth-order valence-corrected chi connectivity index (χ4v) is 1.64. The van der Waals surface area contributed by atoms with Gasteiger partial charge < -0.3 is 10.4 Å². The number of rotatable bonds is 6. The topological polar surface area (TPSA) is 32.3 Å². The third-order valence-corrected chi connectivity index (χ3v) is 2.72. The number of aliphatic hydroxyl groups is 1. The van der Waals surface area contributed by atoms with E-state index in [2.05, 4.69) is 11.2 Å². The summed E-state index contributed by atoms with van der Waals surface area (Å²) in [4.78, 5) is 0. The maximum atomic E-state index is 13.4. The summed E-state index contributed by atoms with van der Waals surface area (Å²) in [5, 5.41) is 13.0. The van der Waals surface area contributed by atoms with Crippen LogP contribution in [0.5, 0.6) is 0 Å². The molecule has 0 aliphatic rings. The molecule has 2 unspecified atom stereocenters. The zero-order valence-corrected chi connectivity index (χ0v) is 9.99. The van der Waals surface area contributed by atoms with Gasteiger partial charge in [0.25, 0.3) is 0 Å². The minimum atomic E-state index is -0.844. The molecule has 0 aliphatic heterocycles. The number of aliphatic hydroxyl groups excluding tert-OH is 1. The summed E-state index contributed by atoms with van der Waals surface area (Å²) in [5.41, 5.74) is 0.315. The first-order chi connectivity index (χ1) is 8.19. The molecule has 0 saturated carbocycles. The molecule has 2 nitrogen and oxygen atoms in total. The highest BCUT2D eigenvalue weighted by Crippen LogP contribution is 2.16. The van der Waals surface area contributed by atoms with Gasteiger partial charge in [-0.1, -0.05) is 25.1 Å². The van der Waals surface area contributed by atoms with Gasteiger partial charge in [0.15, 0.2) is 0 Å². The molecular weight excluding hydrogens is 217 g/mol. The highest BCUT2D eigenvalue weighted by molar-refractivity contribution is 5.20. The van der Waals surface area contributed by atoms with Gasteiger partial charge in [0.05, 0.1) is 6.10 Å². The molecule has 2 atom stereocenters. The van der Waals surface area contributed by atoms with Crippen molar-refractivity contribution in [3.05, 3.63) is 35.6 Å². The summed E-state index contributed by atoms with van der Waals surface area (Å²) >= 11 is 0. The summed E-state index contributed by atoms with van der Waals surface area (Å²) in [6, 6.07) is 6.41. The molecule has 0 radical (unpaired) electrons. The number of nitrogens with one attached hydrogen (secondary N) is 1. The van der Waals surface area contributed by atoms with E-state index in [1.54, 1.807) is 18.2 Å². The predicted octanol–water partition coefficient (Wildman–Crippen LogP) is 2.25. The molecule has 1 aromatic rings. The summed E-state index contributed by atoms with van der Waals surface area (Å²) in [6.07, 6.45) is 5.88. The van der Waals surface area contributed by atoms with Crippen LogP contribution in [0.15, 0.2) is 24.3 Å². The van der Waals surface area contributed by atoms with E-state index in [4.69, 9.17) is 6.42 Å². The molecular formula is C14H18FNO. The molecule has 1 aromatic carbocycles. The Hall–Kier alpha value is -1.37. The summed E-state index contributed by atoms with van der Waals surface area (Å²) in [5.74, 6) is 2.19. The average Bonchev–Trinajstić information content (AvgIpc) is 2.34. The fourth-order valence-electron chi connectivity index (χ4n) is 1.64. The molecule has 92 valence electrons. The van der Waals surface area contributed by atoms with Gasteiger partial charge in [-0.15, -0.1) is 12.3 Å². The summed E-state index contributed by atoms with van der Waals surface area (Å²) < 4.78 is 13.4. The number of terminal acetylenes is 1. The van der Waals surface area contributed by atoms with Crippen molar-refractivity contribution in [2.24, 2.45) is 0 Å². The molecule has 0 fully saturated rings. The first kappa shape index (κ1) is 13.7. The van der Waals surface area contributed by atoms with Crippen molar-refractivity contribution >= 4 is 0 Å². The van der Waals surface area contributed by atoms with Gasteiger partial charge in [-0.25, -0.2) is 4.39 Å². The lowest BCUT2D eigenvalue weighted by Gasteiger charge is -2.18. The Kier molecular flexibility index (Phi) is 5.68. The lowest BCUT2D eigenvalue weighted by atomic mass is 10.1. The lowest BCUT2D eigenvalue weighted by Crippen LogP contribution is -2.32. The van der Waals surface area contributed by atoms with Crippen LogP contribution in [0.2, 0.25) is 0 Å². The molecule has 0 aliphatic carbocycles. The first-order valence-electron chi connectivity index (χ1n) is 5.78. The monoisotopic (exact) mass is 235 g/mol. The van der Waals surface area contributed by atoms with Crippen LogP contribution >= 0.6 is 0 Å². The third kappa shape index (κ3) is 4.18. The highest BCUT2D eigenvalue weighted by Gasteiger charge is 2.13. The number of halogens is 1. The van der Waals surface area contributed by atoms with Crippen LogP contribution < -0.4 is 5.32 Å². The van der Waals surface area contributed by atoms with Gasteiger partial charge in [-0.2, -0.15) is 0 Å². The standard InChI is InChI=1S/C14H18FNO/c1-3-7-11(4-2)16-10-14(17)12-8-5-6-9-13(12)15/h1,5-6,8-9,11,14,16-17H,4,7,10H2,2H3. The van der Waals surface area contributed by atoms with E-state index in [0.717, 1.165) is 6.42 Å². The Balaban J connectivity index is 2.53. The fraction of sp³-hybridized carbons (Fsp3) is 0.429. The second kappa shape index (κ2) is 7.05. The second-order valence-corrected chi connectivity index (χ2v) is 3.96. The normalized spacial score (nSPS) is 14.0. The van der Waals surface area contributed by atoms with Crippen molar-refractivity contribution in [1.29, 1.82) is 0 Å². The van der Waals surface area contributed by atoms with E-state index in [1.165, 1.54) is 6.07 Å². The second-order valence-electron chi connectivity index (χ2n) is 3.96. The minimum absolute atomic E-state index is 0.168. The van der Waals surface area contributed by atoms with Gasteiger partial charge in [0.2, 0.25) is 0 Å². The zero-order valence-electron chi connectivity index (χ0n) is 9.99. The van der Waals surface area contributed by atoms with E-state index in [9.17, 15) is 9.50 Å². The van der Waals surface area contributed by atoms with Crippen LogP contribution in [0.3, 0.4) is 0 Å². The Morgan fingerprint density at radius 3 is 2.76 bits per heavy atom. The van der Waals surface area contributed by atoms with E-state index in [0.29, 0.717) is 18.5 Å². The first-order valence-corrected chi connectivity index (χ1v) is 5.78. The van der Waals surface area contributed by atoms with Gasteiger partial charge >= 0.3 is 0 Å². The van der Waals surface area contributed by atoms with Crippen LogP contribution in [0.4, 0.5) is 4.39 Å². The Morgan fingerprint density at radius 2 is 2.18 bits per heavy atom. The van der Waals surface area contributed by atoms with Crippen molar-refractivity contribution in [1.82, 2.24) is 5.32 Å². The van der Waals surface area contributed by atoms with Crippen LogP contribution in [-0.4, -0.2) is 17.7 Å². The Bertz CT molecular complexity index is 386. The predicted molar refractivity (Wildman–Crippen MR) is 66.9 cm³/mol. The van der Waals surface area contributed by atoms with Crippen LogP contribution in [0.1, 0.15) is 31.4 Å². The molecule has 17 heavy (non-hydrogen) atoms. The van der Waals surface area contributed by atoms with Gasteiger partial charge in [-0.3, -0.25) is 0 Å². The third-order valence-electron chi connectivity index (χ3n) is 2.72. The maximum absolute atomic E-state index is 13.4. The van der Waals surface area contributed by atoms with Gasteiger partial charge in [-0.05, 0) is 12.5 Å². The molecule has 0 aromatic heterocycles. The molecule has 1 rings (SSSR count). The number of hydrogen-bond donors (Lipinski definition) is 2.